The Kier molecular flexibility index (Phi) is 6.01. The molecule has 1 aromatic heterocycles. The molecule has 1 aromatic rings. The number of carbonyl (C=O) groups is 1. The van der Waals surface area contributed by atoms with Gasteiger partial charge in [-0.25, -0.2) is 4.79 Å². The van der Waals surface area contributed by atoms with Crippen molar-refractivity contribution in [2.75, 3.05) is 18.1 Å². The largest absolute Gasteiger partial charge is 0.477 e. The van der Waals surface area contributed by atoms with Gasteiger partial charge in [-0.05, 0) is 17.0 Å². The van der Waals surface area contributed by atoms with Gasteiger partial charge in [0.1, 0.15) is 4.88 Å². The Bertz CT molecular complexity index is 382. The summed E-state index contributed by atoms with van der Waals surface area (Å²) in [6, 6.07) is 1.84. The average molecular weight is 255 g/mol. The van der Waals surface area contributed by atoms with Crippen molar-refractivity contribution in [1.82, 2.24) is 5.32 Å². The maximum absolute atomic E-state index is 10.8. The van der Waals surface area contributed by atoms with E-state index in [4.69, 9.17) is 11.5 Å². The Morgan fingerprint density at radius 2 is 2.50 bits per heavy atom. The van der Waals surface area contributed by atoms with E-state index in [1.807, 2.05) is 6.07 Å². The Labute approximate surface area is 103 Å². The number of rotatable bonds is 7. The van der Waals surface area contributed by atoms with E-state index in [0.717, 1.165) is 23.6 Å². The molecule has 0 aliphatic heterocycles. The molecule has 3 nitrogen and oxygen atoms in total. The van der Waals surface area contributed by atoms with Gasteiger partial charge in [0.05, 0.1) is 5.75 Å². The van der Waals surface area contributed by atoms with Crippen LogP contribution in [0.1, 0.15) is 15.2 Å². The van der Waals surface area contributed by atoms with Gasteiger partial charge in [-0.1, -0.05) is 5.92 Å². The lowest BCUT2D eigenvalue weighted by atomic mass is 10.2. The third kappa shape index (κ3) is 4.27. The van der Waals surface area contributed by atoms with Gasteiger partial charge in [-0.2, -0.15) is 0 Å². The number of hydrogen-bond donors (Lipinski definition) is 2. The van der Waals surface area contributed by atoms with E-state index in [-0.39, 0.29) is 0 Å². The number of aromatic carboxylic acids is 1. The number of carboxylic acids is 1. The smallest absolute Gasteiger partial charge is 0.346 e. The zero-order valence-corrected chi connectivity index (χ0v) is 10.4. The van der Waals surface area contributed by atoms with Crippen molar-refractivity contribution in [3.63, 3.8) is 0 Å². The molecule has 1 rings (SSSR count). The molecule has 0 aliphatic carbocycles. The van der Waals surface area contributed by atoms with Crippen molar-refractivity contribution >= 4 is 29.1 Å². The van der Waals surface area contributed by atoms with Crippen LogP contribution in [0, 0.1) is 12.3 Å². The first-order valence-electron chi connectivity index (χ1n) is 4.77. The standard InChI is InChI=1S/C11H13NO2S2/c1-2-5-15-7-4-12-8-9-3-6-16-10(9)11(13)14/h1,3,6,12H,4-5,7-8H2,(H,13,14). The summed E-state index contributed by atoms with van der Waals surface area (Å²) in [5, 5.41) is 13.9. The Hall–Kier alpha value is -0.960. The van der Waals surface area contributed by atoms with Gasteiger partial charge in [0.2, 0.25) is 0 Å². The second-order valence-electron chi connectivity index (χ2n) is 3.01. The molecule has 2 N–H and O–H groups in total. The average Bonchev–Trinajstić information content (AvgIpc) is 2.71. The fourth-order valence-electron chi connectivity index (χ4n) is 1.16. The number of thioether (sulfide) groups is 1. The van der Waals surface area contributed by atoms with Gasteiger partial charge >= 0.3 is 5.97 Å². The van der Waals surface area contributed by atoms with Crippen molar-refractivity contribution < 1.29 is 9.90 Å². The van der Waals surface area contributed by atoms with E-state index >= 15 is 0 Å². The fraction of sp³-hybridized carbons (Fsp3) is 0.364. The summed E-state index contributed by atoms with van der Waals surface area (Å²) in [6.45, 7) is 1.43. The lowest BCUT2D eigenvalue weighted by Crippen LogP contribution is -2.17. The van der Waals surface area contributed by atoms with Crippen LogP contribution in [0.3, 0.4) is 0 Å². The van der Waals surface area contributed by atoms with Gasteiger partial charge in [0, 0.05) is 18.8 Å². The summed E-state index contributed by atoms with van der Waals surface area (Å²) >= 11 is 2.95. The Morgan fingerprint density at radius 1 is 1.69 bits per heavy atom. The topological polar surface area (TPSA) is 49.3 Å². The van der Waals surface area contributed by atoms with Gasteiger partial charge in [-0.15, -0.1) is 29.5 Å². The van der Waals surface area contributed by atoms with Crippen LogP contribution in [0.15, 0.2) is 11.4 Å². The maximum atomic E-state index is 10.8. The molecule has 0 aliphatic rings. The molecule has 0 bridgehead atoms. The van der Waals surface area contributed by atoms with E-state index in [1.165, 1.54) is 11.3 Å². The summed E-state index contributed by atoms with van der Waals surface area (Å²) < 4.78 is 0. The van der Waals surface area contributed by atoms with Gasteiger partial charge in [0.15, 0.2) is 0 Å². The normalized spacial score (nSPS) is 9.94. The highest BCUT2D eigenvalue weighted by Crippen LogP contribution is 2.16. The van der Waals surface area contributed by atoms with Gasteiger partial charge in [0.25, 0.3) is 0 Å². The van der Waals surface area contributed by atoms with Crippen molar-refractivity contribution in [1.29, 1.82) is 0 Å². The fourth-order valence-corrected chi connectivity index (χ4v) is 2.47. The zero-order valence-electron chi connectivity index (χ0n) is 8.73. The second kappa shape index (κ2) is 7.34. The van der Waals surface area contributed by atoms with Crippen LogP contribution >= 0.6 is 23.1 Å². The first-order chi connectivity index (χ1) is 7.75. The summed E-state index contributed by atoms with van der Waals surface area (Å²) in [4.78, 5) is 11.2. The summed E-state index contributed by atoms with van der Waals surface area (Å²) in [5.41, 5.74) is 0.847. The quantitative estimate of drug-likeness (QED) is 0.577. The zero-order chi connectivity index (χ0) is 11.8. The van der Waals surface area contributed by atoms with E-state index in [9.17, 15) is 4.79 Å². The van der Waals surface area contributed by atoms with Gasteiger partial charge < -0.3 is 10.4 Å². The molecule has 0 amide bonds. The molecular weight excluding hydrogens is 242 g/mol. The minimum atomic E-state index is -0.853. The molecule has 0 saturated carbocycles. The van der Waals surface area contributed by atoms with Crippen LogP contribution in [-0.4, -0.2) is 29.1 Å². The summed E-state index contributed by atoms with van der Waals surface area (Å²) in [6.07, 6.45) is 5.12. The van der Waals surface area contributed by atoms with Crippen LogP contribution in [-0.2, 0) is 6.54 Å². The molecule has 86 valence electrons. The van der Waals surface area contributed by atoms with Crippen LogP contribution in [0.5, 0.6) is 0 Å². The molecule has 0 fully saturated rings. The lowest BCUT2D eigenvalue weighted by Gasteiger charge is -2.03. The predicted molar refractivity (Wildman–Crippen MR) is 69.1 cm³/mol. The molecule has 0 radical (unpaired) electrons. The maximum Gasteiger partial charge on any atom is 0.346 e. The minimum Gasteiger partial charge on any atom is -0.477 e. The Morgan fingerprint density at radius 3 is 3.19 bits per heavy atom. The highest BCUT2D eigenvalue weighted by atomic mass is 32.2. The molecule has 0 atom stereocenters. The molecule has 0 unspecified atom stereocenters. The van der Waals surface area contributed by atoms with E-state index in [2.05, 4.69) is 11.2 Å². The van der Waals surface area contributed by atoms with Crippen LogP contribution in [0.25, 0.3) is 0 Å². The molecular formula is C11H13NO2S2. The SMILES string of the molecule is C#CCSCCNCc1ccsc1C(=O)O. The van der Waals surface area contributed by atoms with Gasteiger partial charge in [-0.3, -0.25) is 0 Å². The number of hydrogen-bond acceptors (Lipinski definition) is 4. The molecule has 1 heterocycles. The highest BCUT2D eigenvalue weighted by Gasteiger charge is 2.10. The summed E-state index contributed by atoms with van der Waals surface area (Å²) in [5.74, 6) is 3.37. The molecule has 5 heteroatoms. The van der Waals surface area contributed by atoms with Crippen LogP contribution < -0.4 is 5.32 Å². The number of nitrogens with one attached hydrogen (secondary N) is 1. The van der Waals surface area contributed by atoms with Crippen LogP contribution in [0.2, 0.25) is 0 Å². The number of carboxylic acid groups (broad SMARTS) is 1. The minimum absolute atomic E-state index is 0.420. The molecule has 0 saturated heterocycles. The van der Waals surface area contributed by atoms with E-state index in [1.54, 1.807) is 17.1 Å². The monoisotopic (exact) mass is 255 g/mol. The lowest BCUT2D eigenvalue weighted by molar-refractivity contribution is 0.0701. The molecule has 0 aromatic carbocycles. The van der Waals surface area contributed by atoms with Crippen molar-refractivity contribution in [3.8, 4) is 12.3 Å². The first-order valence-corrected chi connectivity index (χ1v) is 6.80. The van der Waals surface area contributed by atoms with Crippen molar-refractivity contribution in [2.24, 2.45) is 0 Å². The highest BCUT2D eigenvalue weighted by molar-refractivity contribution is 7.99. The van der Waals surface area contributed by atoms with E-state index < -0.39 is 5.97 Å². The first kappa shape index (κ1) is 13.1. The molecule has 0 spiro atoms. The summed E-state index contributed by atoms with van der Waals surface area (Å²) in [7, 11) is 0. The van der Waals surface area contributed by atoms with Crippen LogP contribution in [0.4, 0.5) is 0 Å². The van der Waals surface area contributed by atoms with Crippen molar-refractivity contribution in [3.05, 3.63) is 21.9 Å². The molecule has 16 heavy (non-hydrogen) atoms. The van der Waals surface area contributed by atoms with E-state index in [0.29, 0.717) is 11.4 Å². The third-order valence-corrected chi connectivity index (χ3v) is 3.67. The number of terminal acetylenes is 1. The Balaban J connectivity index is 2.24. The van der Waals surface area contributed by atoms with Crippen molar-refractivity contribution in [2.45, 2.75) is 6.54 Å². The second-order valence-corrected chi connectivity index (χ2v) is 5.03. The third-order valence-electron chi connectivity index (χ3n) is 1.87. The number of thiophene rings is 1. The predicted octanol–water partition coefficient (Wildman–Crippen LogP) is 1.90.